The normalized spacial score (nSPS) is 10.2. The summed E-state index contributed by atoms with van der Waals surface area (Å²) in [6.07, 6.45) is 3.57. The van der Waals surface area contributed by atoms with Crippen molar-refractivity contribution in [3.05, 3.63) is 46.5 Å². The van der Waals surface area contributed by atoms with Gasteiger partial charge in [-0.3, -0.25) is 9.48 Å². The molecule has 5 nitrogen and oxygen atoms in total. The maximum atomic E-state index is 11.8. The lowest BCUT2D eigenvalue weighted by Crippen LogP contribution is -2.23. The van der Waals surface area contributed by atoms with Crippen molar-refractivity contribution in [2.75, 3.05) is 0 Å². The highest BCUT2D eigenvalue weighted by Gasteiger charge is 2.07. The summed E-state index contributed by atoms with van der Waals surface area (Å²) in [6, 6.07) is 5.22. The van der Waals surface area contributed by atoms with Gasteiger partial charge in [-0.25, -0.2) is 4.98 Å². The first-order valence-electron chi connectivity index (χ1n) is 5.03. The highest BCUT2D eigenvalue weighted by Crippen LogP contribution is 2.06. The Morgan fingerprint density at radius 2 is 2.35 bits per heavy atom. The Morgan fingerprint density at radius 1 is 1.53 bits per heavy atom. The molecule has 0 atom stereocenters. The van der Waals surface area contributed by atoms with Crippen LogP contribution >= 0.6 is 15.9 Å². The van der Waals surface area contributed by atoms with E-state index in [0.29, 0.717) is 16.8 Å². The molecule has 0 aliphatic rings. The average Bonchev–Trinajstić information content (AvgIpc) is 2.72. The molecule has 2 heterocycles. The topological polar surface area (TPSA) is 59.8 Å². The Balaban J connectivity index is 1.98. The van der Waals surface area contributed by atoms with Crippen LogP contribution in [0.15, 0.2) is 35.2 Å². The Morgan fingerprint density at radius 3 is 3.00 bits per heavy atom. The zero-order valence-electron chi connectivity index (χ0n) is 9.22. The number of amides is 1. The van der Waals surface area contributed by atoms with E-state index in [2.05, 4.69) is 31.3 Å². The van der Waals surface area contributed by atoms with Gasteiger partial charge in [-0.1, -0.05) is 6.07 Å². The minimum Gasteiger partial charge on any atom is -0.347 e. The molecule has 2 rings (SSSR count). The van der Waals surface area contributed by atoms with Crippen LogP contribution in [0.4, 0.5) is 0 Å². The number of nitrogens with zero attached hydrogens (tertiary/aromatic N) is 3. The fraction of sp³-hybridized carbons (Fsp3) is 0.182. The van der Waals surface area contributed by atoms with Gasteiger partial charge in [-0.2, -0.15) is 5.10 Å². The van der Waals surface area contributed by atoms with Gasteiger partial charge in [-0.05, 0) is 28.1 Å². The molecule has 0 aromatic carbocycles. The number of pyridine rings is 1. The fourth-order valence-corrected chi connectivity index (χ4v) is 1.71. The van der Waals surface area contributed by atoms with Crippen LogP contribution in [0.2, 0.25) is 0 Å². The number of carbonyl (C=O) groups is 1. The van der Waals surface area contributed by atoms with Crippen LogP contribution in [-0.2, 0) is 13.6 Å². The SMILES string of the molecule is Cn1cc(CNC(=O)c2cccc(Br)n2)cn1. The van der Waals surface area contributed by atoms with Gasteiger partial charge in [0.25, 0.3) is 5.91 Å². The lowest BCUT2D eigenvalue weighted by atomic mass is 10.3. The van der Waals surface area contributed by atoms with Gasteiger partial charge in [0, 0.05) is 25.4 Å². The van der Waals surface area contributed by atoms with Crippen molar-refractivity contribution >= 4 is 21.8 Å². The average molecular weight is 295 g/mol. The van der Waals surface area contributed by atoms with Gasteiger partial charge in [0.1, 0.15) is 10.3 Å². The highest BCUT2D eigenvalue weighted by molar-refractivity contribution is 9.10. The molecule has 0 aliphatic heterocycles. The number of rotatable bonds is 3. The van der Waals surface area contributed by atoms with Gasteiger partial charge in [0.05, 0.1) is 6.20 Å². The minimum absolute atomic E-state index is 0.199. The first-order valence-corrected chi connectivity index (χ1v) is 5.83. The minimum atomic E-state index is -0.199. The maximum Gasteiger partial charge on any atom is 0.270 e. The van der Waals surface area contributed by atoms with Crippen molar-refractivity contribution in [1.82, 2.24) is 20.1 Å². The molecule has 0 saturated heterocycles. The summed E-state index contributed by atoms with van der Waals surface area (Å²) in [4.78, 5) is 15.8. The standard InChI is InChI=1S/C11H11BrN4O/c1-16-7-8(6-14-16)5-13-11(17)9-3-2-4-10(12)15-9/h2-4,6-7H,5H2,1H3,(H,13,17). The van der Waals surface area contributed by atoms with E-state index in [0.717, 1.165) is 5.56 Å². The van der Waals surface area contributed by atoms with Crippen LogP contribution in [0.3, 0.4) is 0 Å². The molecule has 0 saturated carbocycles. The van der Waals surface area contributed by atoms with Crippen molar-refractivity contribution in [3.63, 3.8) is 0 Å². The van der Waals surface area contributed by atoms with Crippen LogP contribution in [0, 0.1) is 0 Å². The number of aryl methyl sites for hydroxylation is 1. The Bertz CT molecular complexity index is 538. The third-order valence-electron chi connectivity index (χ3n) is 2.16. The second-order valence-corrected chi connectivity index (χ2v) is 4.36. The molecule has 2 aromatic rings. The van der Waals surface area contributed by atoms with E-state index in [9.17, 15) is 4.79 Å². The summed E-state index contributed by atoms with van der Waals surface area (Å²) >= 11 is 3.23. The lowest BCUT2D eigenvalue weighted by molar-refractivity contribution is 0.0946. The quantitative estimate of drug-likeness (QED) is 0.873. The first kappa shape index (κ1) is 11.8. The molecule has 0 aliphatic carbocycles. The second-order valence-electron chi connectivity index (χ2n) is 3.55. The number of carbonyl (C=O) groups excluding carboxylic acids is 1. The lowest BCUT2D eigenvalue weighted by Gasteiger charge is -2.02. The Hall–Kier alpha value is -1.69. The Kier molecular flexibility index (Phi) is 3.53. The molecule has 0 unspecified atom stereocenters. The fourth-order valence-electron chi connectivity index (χ4n) is 1.37. The summed E-state index contributed by atoms with van der Waals surface area (Å²) in [5, 5.41) is 6.80. The number of nitrogens with one attached hydrogen (secondary N) is 1. The van der Waals surface area contributed by atoms with Crippen molar-refractivity contribution in [2.45, 2.75) is 6.54 Å². The van der Waals surface area contributed by atoms with Crippen molar-refractivity contribution < 1.29 is 4.79 Å². The molecule has 88 valence electrons. The molecular formula is C11H11BrN4O. The van der Waals surface area contributed by atoms with Crippen molar-refractivity contribution in [1.29, 1.82) is 0 Å². The zero-order valence-corrected chi connectivity index (χ0v) is 10.8. The summed E-state index contributed by atoms with van der Waals surface area (Å²) in [7, 11) is 1.83. The van der Waals surface area contributed by atoms with Crippen LogP contribution < -0.4 is 5.32 Å². The van der Waals surface area contributed by atoms with Crippen molar-refractivity contribution in [3.8, 4) is 0 Å². The third kappa shape index (κ3) is 3.13. The van der Waals surface area contributed by atoms with Gasteiger partial charge in [-0.15, -0.1) is 0 Å². The summed E-state index contributed by atoms with van der Waals surface area (Å²) in [5.41, 5.74) is 1.35. The molecular weight excluding hydrogens is 284 g/mol. The largest absolute Gasteiger partial charge is 0.347 e. The predicted octanol–water partition coefficient (Wildman–Crippen LogP) is 1.51. The summed E-state index contributed by atoms with van der Waals surface area (Å²) in [5.74, 6) is -0.199. The Labute approximate surface area is 107 Å². The van der Waals surface area contributed by atoms with E-state index < -0.39 is 0 Å². The zero-order chi connectivity index (χ0) is 12.3. The third-order valence-corrected chi connectivity index (χ3v) is 2.60. The van der Waals surface area contributed by atoms with E-state index in [1.807, 2.05) is 13.2 Å². The summed E-state index contributed by atoms with van der Waals surface area (Å²) in [6.45, 7) is 0.445. The molecule has 0 spiro atoms. The molecule has 0 radical (unpaired) electrons. The van der Waals surface area contributed by atoms with Gasteiger partial charge in [0.15, 0.2) is 0 Å². The van der Waals surface area contributed by atoms with Crippen LogP contribution in [0.25, 0.3) is 0 Å². The number of halogens is 1. The molecule has 0 fully saturated rings. The van der Waals surface area contributed by atoms with Crippen LogP contribution in [0.5, 0.6) is 0 Å². The summed E-state index contributed by atoms with van der Waals surface area (Å²) < 4.78 is 2.34. The molecule has 17 heavy (non-hydrogen) atoms. The molecule has 1 N–H and O–H groups in total. The molecule has 6 heteroatoms. The number of hydrogen-bond acceptors (Lipinski definition) is 3. The van der Waals surface area contributed by atoms with Crippen molar-refractivity contribution in [2.24, 2.45) is 7.05 Å². The van der Waals surface area contributed by atoms with Gasteiger partial charge in [0.2, 0.25) is 0 Å². The molecule has 1 amide bonds. The monoisotopic (exact) mass is 294 g/mol. The van der Waals surface area contributed by atoms with Crippen LogP contribution in [-0.4, -0.2) is 20.7 Å². The van der Waals surface area contributed by atoms with E-state index in [4.69, 9.17) is 0 Å². The molecule has 0 bridgehead atoms. The van der Waals surface area contributed by atoms with E-state index >= 15 is 0 Å². The van der Waals surface area contributed by atoms with Crippen LogP contribution in [0.1, 0.15) is 16.1 Å². The molecule has 2 aromatic heterocycles. The van der Waals surface area contributed by atoms with E-state index in [1.54, 1.807) is 29.1 Å². The number of hydrogen-bond donors (Lipinski definition) is 1. The first-order chi connectivity index (χ1) is 8.15. The smallest absolute Gasteiger partial charge is 0.270 e. The maximum absolute atomic E-state index is 11.8. The number of aromatic nitrogens is 3. The van der Waals surface area contributed by atoms with E-state index in [-0.39, 0.29) is 5.91 Å². The highest BCUT2D eigenvalue weighted by atomic mass is 79.9. The van der Waals surface area contributed by atoms with Gasteiger partial charge < -0.3 is 5.32 Å². The van der Waals surface area contributed by atoms with Gasteiger partial charge >= 0.3 is 0 Å². The predicted molar refractivity (Wildman–Crippen MR) is 66.3 cm³/mol. The van der Waals surface area contributed by atoms with E-state index in [1.165, 1.54) is 0 Å². The second kappa shape index (κ2) is 5.09.